The second kappa shape index (κ2) is 6.46. The van der Waals surface area contributed by atoms with E-state index < -0.39 is 0 Å². The molecule has 0 saturated carbocycles. The van der Waals surface area contributed by atoms with Crippen molar-refractivity contribution in [3.63, 3.8) is 0 Å². The number of carbonyl (C=O) groups excluding carboxylic acids is 1. The highest BCUT2D eigenvalue weighted by Gasteiger charge is 2.21. The van der Waals surface area contributed by atoms with Crippen LogP contribution in [0.5, 0.6) is 0 Å². The zero-order valence-corrected chi connectivity index (χ0v) is 13.0. The Balaban J connectivity index is 2.89. The maximum absolute atomic E-state index is 12.1. The lowest BCUT2D eigenvalue weighted by molar-refractivity contribution is -0.120. The molecule has 3 N–H and O–H groups in total. The lowest BCUT2D eigenvalue weighted by Crippen LogP contribution is -2.43. The van der Waals surface area contributed by atoms with Crippen molar-refractivity contribution in [1.29, 1.82) is 0 Å². The normalized spacial score (nSPS) is 12.8. The number of nitrogens with zero attached hydrogens (tertiary/aromatic N) is 1. The van der Waals surface area contributed by atoms with Gasteiger partial charge >= 0.3 is 0 Å². The molecular weight excluding hydrogens is 285 g/mol. The summed E-state index contributed by atoms with van der Waals surface area (Å²) >= 11 is 12.1. The first-order chi connectivity index (χ1) is 8.73. The van der Waals surface area contributed by atoms with Crippen LogP contribution in [0.4, 0.5) is 11.4 Å². The first-order valence-electron chi connectivity index (χ1n) is 6.01. The van der Waals surface area contributed by atoms with Gasteiger partial charge in [-0.3, -0.25) is 9.69 Å². The molecule has 0 aromatic heterocycles. The van der Waals surface area contributed by atoms with E-state index in [2.05, 4.69) is 5.32 Å². The fraction of sp³-hybridized carbons (Fsp3) is 0.462. The number of nitrogens with two attached hydrogens (primary N) is 1. The van der Waals surface area contributed by atoms with E-state index >= 15 is 0 Å². The van der Waals surface area contributed by atoms with Gasteiger partial charge in [0.1, 0.15) is 0 Å². The summed E-state index contributed by atoms with van der Waals surface area (Å²) in [6.07, 6.45) is 0. The van der Waals surface area contributed by atoms with Crippen LogP contribution >= 0.6 is 23.2 Å². The molecule has 106 valence electrons. The molecule has 0 saturated heterocycles. The van der Waals surface area contributed by atoms with Crippen LogP contribution in [0.1, 0.15) is 20.8 Å². The molecule has 1 atom stereocenters. The number of likely N-dealkylation sites (N-methyl/N-ethyl adjacent to an activating group) is 1. The van der Waals surface area contributed by atoms with Crippen molar-refractivity contribution in [2.45, 2.75) is 32.9 Å². The van der Waals surface area contributed by atoms with Crippen molar-refractivity contribution in [2.24, 2.45) is 0 Å². The number of nitrogen functional groups attached to an aromatic ring is 1. The Bertz CT molecular complexity index is 454. The number of benzene rings is 1. The molecule has 6 heteroatoms. The van der Waals surface area contributed by atoms with Gasteiger partial charge in [0.25, 0.3) is 0 Å². The Hall–Kier alpha value is -0.970. The van der Waals surface area contributed by atoms with E-state index in [9.17, 15) is 4.79 Å². The molecule has 0 aliphatic rings. The van der Waals surface area contributed by atoms with Crippen LogP contribution in [0.2, 0.25) is 10.0 Å². The molecule has 1 aromatic carbocycles. The van der Waals surface area contributed by atoms with Gasteiger partial charge in [0, 0.05) is 11.7 Å². The van der Waals surface area contributed by atoms with Crippen molar-refractivity contribution >= 4 is 40.5 Å². The summed E-state index contributed by atoms with van der Waals surface area (Å²) in [6.45, 7) is 5.87. The zero-order valence-electron chi connectivity index (χ0n) is 11.5. The van der Waals surface area contributed by atoms with Crippen LogP contribution in [0.3, 0.4) is 0 Å². The first-order valence-corrected chi connectivity index (χ1v) is 6.77. The average molecular weight is 304 g/mol. The summed E-state index contributed by atoms with van der Waals surface area (Å²) in [7, 11) is 1.89. The molecule has 0 fully saturated rings. The summed E-state index contributed by atoms with van der Waals surface area (Å²) in [6, 6.07) is 3.09. The molecule has 0 bridgehead atoms. The number of hydrogen-bond donors (Lipinski definition) is 2. The monoisotopic (exact) mass is 303 g/mol. The Morgan fingerprint density at radius 2 is 1.74 bits per heavy atom. The number of nitrogens with one attached hydrogen (secondary N) is 1. The minimum Gasteiger partial charge on any atom is -0.399 e. The smallest absolute Gasteiger partial charge is 0.241 e. The maximum Gasteiger partial charge on any atom is 0.241 e. The fourth-order valence-corrected chi connectivity index (χ4v) is 2.17. The minimum atomic E-state index is -0.287. The van der Waals surface area contributed by atoms with Gasteiger partial charge in [0.05, 0.1) is 21.8 Å². The topological polar surface area (TPSA) is 58.4 Å². The van der Waals surface area contributed by atoms with Gasteiger partial charge < -0.3 is 11.1 Å². The standard InChI is InChI=1S/C13H19Cl2N3O/c1-7(2)18(4)8(3)13(19)17-12-10(14)5-9(16)6-11(12)15/h5-8H,16H2,1-4H3,(H,17,19). The van der Waals surface area contributed by atoms with Gasteiger partial charge in [0.2, 0.25) is 5.91 Å². The fourth-order valence-electron chi connectivity index (χ4n) is 1.57. The maximum atomic E-state index is 12.1. The largest absolute Gasteiger partial charge is 0.399 e. The van der Waals surface area contributed by atoms with Crippen LogP contribution < -0.4 is 11.1 Å². The Kier molecular flexibility index (Phi) is 5.47. The first kappa shape index (κ1) is 16.1. The van der Waals surface area contributed by atoms with E-state index in [-0.39, 0.29) is 18.0 Å². The average Bonchev–Trinajstić information content (AvgIpc) is 2.31. The summed E-state index contributed by atoms with van der Waals surface area (Å²) in [5, 5.41) is 3.40. The predicted molar refractivity (Wildman–Crippen MR) is 81.9 cm³/mol. The van der Waals surface area contributed by atoms with E-state index in [1.807, 2.05) is 32.7 Å². The van der Waals surface area contributed by atoms with Crippen LogP contribution in [0.25, 0.3) is 0 Å². The van der Waals surface area contributed by atoms with Gasteiger partial charge in [-0.1, -0.05) is 23.2 Å². The van der Waals surface area contributed by atoms with Crippen LogP contribution in [-0.4, -0.2) is 29.9 Å². The van der Waals surface area contributed by atoms with E-state index in [4.69, 9.17) is 28.9 Å². The van der Waals surface area contributed by atoms with Gasteiger partial charge in [0.15, 0.2) is 0 Å². The second-order valence-corrected chi connectivity index (χ2v) is 5.60. The number of halogens is 2. The summed E-state index contributed by atoms with van der Waals surface area (Å²) in [5.74, 6) is -0.162. The lowest BCUT2D eigenvalue weighted by Gasteiger charge is -2.27. The van der Waals surface area contributed by atoms with E-state index in [0.29, 0.717) is 21.4 Å². The van der Waals surface area contributed by atoms with E-state index in [0.717, 1.165) is 0 Å². The van der Waals surface area contributed by atoms with Crippen LogP contribution in [0, 0.1) is 0 Å². The van der Waals surface area contributed by atoms with Crippen molar-refractivity contribution in [3.8, 4) is 0 Å². The predicted octanol–water partition coefficient (Wildman–Crippen LogP) is 3.24. The molecule has 1 aromatic rings. The summed E-state index contributed by atoms with van der Waals surface area (Å²) in [4.78, 5) is 14.1. The third-order valence-electron chi connectivity index (χ3n) is 3.12. The molecule has 0 heterocycles. The molecule has 1 rings (SSSR count). The van der Waals surface area contributed by atoms with Crippen LogP contribution in [0.15, 0.2) is 12.1 Å². The number of amides is 1. The molecule has 1 unspecified atom stereocenters. The molecule has 0 radical (unpaired) electrons. The quantitative estimate of drug-likeness (QED) is 0.840. The third kappa shape index (κ3) is 4.00. The molecule has 19 heavy (non-hydrogen) atoms. The highest BCUT2D eigenvalue weighted by Crippen LogP contribution is 2.33. The van der Waals surface area contributed by atoms with E-state index in [1.165, 1.54) is 0 Å². The Morgan fingerprint density at radius 1 is 1.26 bits per heavy atom. The van der Waals surface area contributed by atoms with E-state index in [1.54, 1.807) is 12.1 Å². The van der Waals surface area contributed by atoms with Gasteiger partial charge in [-0.25, -0.2) is 0 Å². The van der Waals surface area contributed by atoms with Crippen LogP contribution in [-0.2, 0) is 4.79 Å². The van der Waals surface area contributed by atoms with Crippen molar-refractivity contribution in [2.75, 3.05) is 18.1 Å². The molecule has 4 nitrogen and oxygen atoms in total. The van der Waals surface area contributed by atoms with Crippen molar-refractivity contribution < 1.29 is 4.79 Å². The molecule has 0 spiro atoms. The van der Waals surface area contributed by atoms with Gasteiger partial charge in [-0.05, 0) is 40.0 Å². The number of hydrogen-bond acceptors (Lipinski definition) is 3. The Morgan fingerprint density at radius 3 is 2.16 bits per heavy atom. The third-order valence-corrected chi connectivity index (χ3v) is 3.71. The molecule has 1 amide bonds. The minimum absolute atomic E-state index is 0.162. The summed E-state index contributed by atoms with van der Waals surface area (Å²) in [5.41, 5.74) is 6.47. The summed E-state index contributed by atoms with van der Waals surface area (Å²) < 4.78 is 0. The molecule has 0 aliphatic carbocycles. The highest BCUT2D eigenvalue weighted by molar-refractivity contribution is 6.40. The Labute approximate surface area is 123 Å². The number of rotatable bonds is 4. The molecule has 0 aliphatic heterocycles. The van der Waals surface area contributed by atoms with Gasteiger partial charge in [-0.2, -0.15) is 0 Å². The lowest BCUT2D eigenvalue weighted by atomic mass is 10.2. The van der Waals surface area contributed by atoms with Crippen molar-refractivity contribution in [3.05, 3.63) is 22.2 Å². The van der Waals surface area contributed by atoms with Crippen molar-refractivity contribution in [1.82, 2.24) is 4.90 Å². The van der Waals surface area contributed by atoms with Gasteiger partial charge in [-0.15, -0.1) is 0 Å². The number of carbonyl (C=O) groups is 1. The second-order valence-electron chi connectivity index (χ2n) is 4.78. The highest BCUT2D eigenvalue weighted by atomic mass is 35.5. The zero-order chi connectivity index (χ0) is 14.7. The number of anilines is 2. The molecular formula is C13H19Cl2N3O. The SMILES string of the molecule is CC(C)N(C)C(C)C(=O)Nc1c(Cl)cc(N)cc1Cl.